The van der Waals surface area contributed by atoms with Gasteiger partial charge in [0.25, 0.3) is 0 Å². The Labute approximate surface area is 111 Å². The normalized spacial score (nSPS) is 13.5. The molecule has 19 heavy (non-hydrogen) atoms. The van der Waals surface area contributed by atoms with Crippen molar-refractivity contribution in [3.8, 4) is 0 Å². The first-order chi connectivity index (χ1) is 8.88. The van der Waals surface area contributed by atoms with Crippen molar-refractivity contribution >= 4 is 16.7 Å². The van der Waals surface area contributed by atoms with Crippen LogP contribution < -0.4 is 5.32 Å². The third kappa shape index (κ3) is 3.17. The fourth-order valence-electron chi connectivity index (χ4n) is 1.67. The van der Waals surface area contributed by atoms with Crippen LogP contribution in [0, 0.1) is 11.2 Å². The van der Waals surface area contributed by atoms with Gasteiger partial charge in [-0.15, -0.1) is 0 Å². The Morgan fingerprint density at radius 1 is 1.32 bits per heavy atom. The van der Waals surface area contributed by atoms with Crippen molar-refractivity contribution in [3.05, 3.63) is 30.3 Å². The molecule has 1 atom stereocenters. The van der Waals surface area contributed by atoms with Gasteiger partial charge >= 0.3 is 0 Å². The molecule has 0 radical (unpaired) electrons. The summed E-state index contributed by atoms with van der Waals surface area (Å²) in [6, 6.07) is 4.36. The van der Waals surface area contributed by atoms with E-state index in [2.05, 4.69) is 15.3 Å². The largest absolute Gasteiger partial charge is 0.391 e. The van der Waals surface area contributed by atoms with Crippen LogP contribution in [0.3, 0.4) is 0 Å². The molecule has 1 unspecified atom stereocenters. The molecule has 0 bridgehead atoms. The molecule has 4 nitrogen and oxygen atoms in total. The van der Waals surface area contributed by atoms with Crippen molar-refractivity contribution in [2.45, 2.75) is 26.9 Å². The van der Waals surface area contributed by atoms with Crippen LogP contribution in [-0.4, -0.2) is 27.7 Å². The molecule has 0 aliphatic carbocycles. The average molecular weight is 263 g/mol. The molecule has 1 heterocycles. The number of aliphatic hydroxyl groups is 1. The molecule has 0 saturated carbocycles. The van der Waals surface area contributed by atoms with Crippen LogP contribution in [0.4, 0.5) is 10.2 Å². The van der Waals surface area contributed by atoms with E-state index in [-0.39, 0.29) is 11.2 Å². The summed E-state index contributed by atoms with van der Waals surface area (Å²) in [5.41, 5.74) is 0.449. The molecule has 2 N–H and O–H groups in total. The van der Waals surface area contributed by atoms with E-state index in [0.717, 1.165) is 0 Å². The number of halogens is 1. The Kier molecular flexibility index (Phi) is 3.66. The van der Waals surface area contributed by atoms with Crippen LogP contribution in [0.5, 0.6) is 0 Å². The zero-order valence-corrected chi connectivity index (χ0v) is 11.3. The summed E-state index contributed by atoms with van der Waals surface area (Å²) in [6.45, 7) is 6.22. The van der Waals surface area contributed by atoms with E-state index >= 15 is 0 Å². The highest BCUT2D eigenvalue weighted by Crippen LogP contribution is 2.22. The van der Waals surface area contributed by atoms with Gasteiger partial charge in [-0.3, -0.25) is 0 Å². The van der Waals surface area contributed by atoms with E-state index in [0.29, 0.717) is 23.3 Å². The van der Waals surface area contributed by atoms with E-state index in [1.54, 1.807) is 6.07 Å². The van der Waals surface area contributed by atoms with Crippen LogP contribution >= 0.6 is 0 Å². The minimum Gasteiger partial charge on any atom is -0.391 e. The maximum atomic E-state index is 13.3. The zero-order valence-electron chi connectivity index (χ0n) is 11.3. The Morgan fingerprint density at radius 2 is 2.05 bits per heavy atom. The van der Waals surface area contributed by atoms with Gasteiger partial charge in [-0.2, -0.15) is 0 Å². The van der Waals surface area contributed by atoms with Crippen molar-refractivity contribution in [2.24, 2.45) is 5.41 Å². The third-order valence-electron chi connectivity index (χ3n) is 3.06. The van der Waals surface area contributed by atoms with Gasteiger partial charge in [-0.25, -0.2) is 14.4 Å². The Bertz CT molecular complexity index is 580. The molecule has 0 saturated heterocycles. The quantitative estimate of drug-likeness (QED) is 0.893. The molecule has 1 aromatic carbocycles. The number of nitrogens with one attached hydrogen (secondary N) is 1. The highest BCUT2D eigenvalue weighted by atomic mass is 19.1. The van der Waals surface area contributed by atoms with E-state index in [1.165, 1.54) is 18.5 Å². The smallest absolute Gasteiger partial charge is 0.137 e. The Morgan fingerprint density at radius 3 is 2.74 bits per heavy atom. The molecule has 0 aliphatic rings. The third-order valence-corrected chi connectivity index (χ3v) is 3.06. The predicted octanol–water partition coefficient (Wildman–Crippen LogP) is 2.59. The maximum absolute atomic E-state index is 13.3. The van der Waals surface area contributed by atoms with Gasteiger partial charge in [0.1, 0.15) is 18.0 Å². The number of rotatable bonds is 3. The lowest BCUT2D eigenvalue weighted by atomic mass is 9.89. The molecule has 0 fully saturated rings. The van der Waals surface area contributed by atoms with Crippen molar-refractivity contribution in [3.63, 3.8) is 0 Å². The summed E-state index contributed by atoms with van der Waals surface area (Å²) >= 11 is 0. The van der Waals surface area contributed by atoms with Gasteiger partial charge in [0.05, 0.1) is 11.6 Å². The number of aromatic nitrogens is 2. The van der Waals surface area contributed by atoms with Crippen molar-refractivity contribution < 1.29 is 9.50 Å². The highest BCUT2D eigenvalue weighted by Gasteiger charge is 2.22. The fourth-order valence-corrected chi connectivity index (χ4v) is 1.67. The highest BCUT2D eigenvalue weighted by molar-refractivity contribution is 5.88. The summed E-state index contributed by atoms with van der Waals surface area (Å²) in [7, 11) is 0. The number of aliphatic hydroxyl groups excluding tert-OH is 1. The molecule has 0 amide bonds. The molecular weight excluding hydrogens is 245 g/mol. The molecule has 102 valence electrons. The van der Waals surface area contributed by atoms with E-state index in [1.807, 2.05) is 20.8 Å². The second kappa shape index (κ2) is 5.09. The van der Waals surface area contributed by atoms with Gasteiger partial charge in [0.15, 0.2) is 0 Å². The summed E-state index contributed by atoms with van der Waals surface area (Å²) < 4.78 is 13.3. The number of benzene rings is 1. The summed E-state index contributed by atoms with van der Waals surface area (Å²) in [5, 5.41) is 13.7. The van der Waals surface area contributed by atoms with Crippen molar-refractivity contribution in [1.82, 2.24) is 9.97 Å². The lowest BCUT2D eigenvalue weighted by Gasteiger charge is -2.26. The number of fused-ring (bicyclic) bond motifs is 1. The average Bonchev–Trinajstić information content (AvgIpc) is 2.34. The monoisotopic (exact) mass is 263 g/mol. The topological polar surface area (TPSA) is 58.0 Å². The Hall–Kier alpha value is -1.75. The number of hydrogen-bond donors (Lipinski definition) is 2. The van der Waals surface area contributed by atoms with E-state index < -0.39 is 6.10 Å². The van der Waals surface area contributed by atoms with Crippen LogP contribution in [0.25, 0.3) is 10.9 Å². The first-order valence-electron chi connectivity index (χ1n) is 6.20. The molecule has 5 heteroatoms. The number of hydrogen-bond acceptors (Lipinski definition) is 4. The predicted molar refractivity (Wildman–Crippen MR) is 73.4 cm³/mol. The number of anilines is 1. The van der Waals surface area contributed by atoms with E-state index in [9.17, 15) is 9.50 Å². The van der Waals surface area contributed by atoms with Gasteiger partial charge in [0.2, 0.25) is 0 Å². The van der Waals surface area contributed by atoms with E-state index in [4.69, 9.17) is 0 Å². The van der Waals surface area contributed by atoms with Gasteiger partial charge in [0, 0.05) is 11.9 Å². The summed E-state index contributed by atoms with van der Waals surface area (Å²) in [6.07, 6.45) is 0.901. The first-order valence-corrected chi connectivity index (χ1v) is 6.20. The molecule has 0 aliphatic heterocycles. The lowest BCUT2D eigenvalue weighted by molar-refractivity contribution is 0.0745. The fraction of sp³-hybridized carbons (Fsp3) is 0.429. The first kappa shape index (κ1) is 13.7. The second-order valence-electron chi connectivity index (χ2n) is 5.65. The van der Waals surface area contributed by atoms with Gasteiger partial charge < -0.3 is 10.4 Å². The SMILES string of the molecule is CC(C)(C)C(O)CNc1ncnc2ccc(F)cc12. The molecule has 0 spiro atoms. The van der Waals surface area contributed by atoms with Crippen LogP contribution in [0.15, 0.2) is 24.5 Å². The van der Waals surface area contributed by atoms with Crippen molar-refractivity contribution in [1.29, 1.82) is 0 Å². The zero-order chi connectivity index (χ0) is 14.0. The van der Waals surface area contributed by atoms with Crippen molar-refractivity contribution in [2.75, 3.05) is 11.9 Å². The summed E-state index contributed by atoms with van der Waals surface area (Å²) in [5.74, 6) is 0.203. The lowest BCUT2D eigenvalue weighted by Crippen LogP contribution is -2.33. The minimum absolute atomic E-state index is 0.221. The van der Waals surface area contributed by atoms with Gasteiger partial charge in [-0.05, 0) is 23.6 Å². The standard InChI is InChI=1S/C14H18FN3O/c1-14(2,3)12(19)7-16-13-10-6-9(15)4-5-11(10)17-8-18-13/h4-6,8,12,19H,7H2,1-3H3,(H,16,17,18). The minimum atomic E-state index is -0.522. The molecule has 1 aromatic heterocycles. The Balaban J connectivity index is 2.23. The molecule has 2 rings (SSSR count). The van der Waals surface area contributed by atoms with Crippen LogP contribution in [-0.2, 0) is 0 Å². The molecule has 2 aromatic rings. The maximum Gasteiger partial charge on any atom is 0.137 e. The van der Waals surface area contributed by atoms with Crippen LogP contribution in [0.1, 0.15) is 20.8 Å². The second-order valence-corrected chi connectivity index (χ2v) is 5.65. The molecular formula is C14H18FN3O. The summed E-state index contributed by atoms with van der Waals surface area (Å²) in [4.78, 5) is 8.18. The number of nitrogens with zero attached hydrogens (tertiary/aromatic N) is 2. The van der Waals surface area contributed by atoms with Gasteiger partial charge in [-0.1, -0.05) is 20.8 Å². The van der Waals surface area contributed by atoms with Crippen LogP contribution in [0.2, 0.25) is 0 Å².